The number of nitrogens with zero attached hydrogens (tertiary/aromatic N) is 2. The number of alkyl halides is 3. The normalized spacial score (nSPS) is 9.41. The fourth-order valence-electron chi connectivity index (χ4n) is 0.713. The molecule has 0 fully saturated rings. The molecule has 0 aliphatic heterocycles. The quantitative estimate of drug-likeness (QED) is 0.868. The molecule has 1 aromatic rings. The average molecular weight is 251 g/mol. The van der Waals surface area contributed by atoms with E-state index in [1.165, 1.54) is 6.20 Å². The van der Waals surface area contributed by atoms with Gasteiger partial charge in [0.05, 0.1) is 0 Å². The number of rotatable bonds is 2. The van der Waals surface area contributed by atoms with Crippen LogP contribution in [0.2, 0.25) is 0 Å². The molecule has 0 amide bonds. The van der Waals surface area contributed by atoms with Crippen molar-refractivity contribution in [3.8, 4) is 0 Å². The predicted octanol–water partition coefficient (Wildman–Crippen LogP) is 3.81. The summed E-state index contributed by atoms with van der Waals surface area (Å²) < 4.78 is 35.2. The van der Waals surface area contributed by atoms with Gasteiger partial charge in [0.1, 0.15) is 6.54 Å². The molecule has 0 aromatic carbocycles. The molecule has 0 radical (unpaired) electrons. The summed E-state index contributed by atoms with van der Waals surface area (Å²) in [5.41, 5.74) is 0.625. The van der Waals surface area contributed by atoms with E-state index in [0.29, 0.717) is 5.69 Å². The lowest BCUT2D eigenvalue weighted by atomic mass is 10.5. The molecule has 0 unspecified atom stereocenters. The van der Waals surface area contributed by atoms with Crippen LogP contribution < -0.4 is 5.32 Å². The predicted molar refractivity (Wildman–Crippen MR) is 64.0 cm³/mol. The van der Waals surface area contributed by atoms with Crippen molar-refractivity contribution in [3.05, 3.63) is 18.0 Å². The highest BCUT2D eigenvalue weighted by Gasteiger charge is 2.26. The van der Waals surface area contributed by atoms with E-state index >= 15 is 0 Å². The molecular formula is C11H20F3N3. The standard InChI is InChI=1S/C7H8F3N3.2C2H6/c1-5-2-3-11-6(13-5)12-4-7(8,9)10;2*1-2/h2-3H,4H2,1H3,(H,11,12,13);2*1-2H3. The minimum atomic E-state index is -4.24. The molecule has 17 heavy (non-hydrogen) atoms. The lowest BCUT2D eigenvalue weighted by Crippen LogP contribution is -2.22. The van der Waals surface area contributed by atoms with Gasteiger partial charge in [0.2, 0.25) is 5.95 Å². The van der Waals surface area contributed by atoms with Crippen LogP contribution in [0.5, 0.6) is 0 Å². The van der Waals surface area contributed by atoms with E-state index in [0.717, 1.165) is 0 Å². The van der Waals surface area contributed by atoms with E-state index in [9.17, 15) is 13.2 Å². The van der Waals surface area contributed by atoms with Gasteiger partial charge in [-0.05, 0) is 13.0 Å². The topological polar surface area (TPSA) is 37.8 Å². The lowest BCUT2D eigenvalue weighted by molar-refractivity contribution is -0.115. The first kappa shape index (κ1) is 18.0. The third-order valence-corrected chi connectivity index (χ3v) is 1.24. The zero-order valence-corrected chi connectivity index (χ0v) is 10.9. The van der Waals surface area contributed by atoms with Crippen molar-refractivity contribution < 1.29 is 13.2 Å². The fourth-order valence-corrected chi connectivity index (χ4v) is 0.713. The minimum absolute atomic E-state index is 0.00248. The van der Waals surface area contributed by atoms with Gasteiger partial charge in [0.25, 0.3) is 0 Å². The van der Waals surface area contributed by atoms with Gasteiger partial charge in [0, 0.05) is 11.9 Å². The summed E-state index contributed by atoms with van der Waals surface area (Å²) in [5.74, 6) is -0.00248. The fraction of sp³-hybridized carbons (Fsp3) is 0.636. The summed E-state index contributed by atoms with van der Waals surface area (Å²) in [6, 6.07) is 1.61. The third kappa shape index (κ3) is 10.9. The van der Waals surface area contributed by atoms with Gasteiger partial charge in [-0.2, -0.15) is 13.2 Å². The van der Waals surface area contributed by atoms with Crippen molar-refractivity contribution in [2.45, 2.75) is 40.8 Å². The Labute approximate surface area is 100 Å². The van der Waals surface area contributed by atoms with Gasteiger partial charge in [-0.25, -0.2) is 9.97 Å². The Balaban J connectivity index is 0. The van der Waals surface area contributed by atoms with Crippen molar-refractivity contribution in [3.63, 3.8) is 0 Å². The molecule has 0 saturated heterocycles. The van der Waals surface area contributed by atoms with Crippen LogP contribution in [0, 0.1) is 6.92 Å². The molecule has 100 valence electrons. The molecule has 1 N–H and O–H groups in total. The summed E-state index contributed by atoms with van der Waals surface area (Å²) in [6.07, 6.45) is -2.84. The van der Waals surface area contributed by atoms with Crippen LogP contribution in [0.25, 0.3) is 0 Å². The first-order chi connectivity index (χ1) is 7.97. The highest BCUT2D eigenvalue weighted by Crippen LogP contribution is 2.14. The van der Waals surface area contributed by atoms with Crippen molar-refractivity contribution in [2.24, 2.45) is 0 Å². The maximum Gasteiger partial charge on any atom is 0.405 e. The second-order valence-corrected chi connectivity index (χ2v) is 2.49. The van der Waals surface area contributed by atoms with Crippen LogP contribution in [0.15, 0.2) is 12.3 Å². The number of hydrogen-bond acceptors (Lipinski definition) is 3. The van der Waals surface area contributed by atoms with Crippen LogP contribution in [0.1, 0.15) is 33.4 Å². The number of nitrogens with one attached hydrogen (secondary N) is 1. The molecule has 0 saturated carbocycles. The summed E-state index contributed by atoms with van der Waals surface area (Å²) in [5, 5.41) is 2.08. The monoisotopic (exact) mass is 251 g/mol. The minimum Gasteiger partial charge on any atom is -0.345 e. The van der Waals surface area contributed by atoms with Crippen molar-refractivity contribution in [1.29, 1.82) is 0 Å². The van der Waals surface area contributed by atoms with E-state index in [4.69, 9.17) is 0 Å². The van der Waals surface area contributed by atoms with E-state index < -0.39 is 12.7 Å². The van der Waals surface area contributed by atoms with E-state index in [2.05, 4.69) is 15.3 Å². The Kier molecular flexibility index (Phi) is 10.5. The van der Waals surface area contributed by atoms with Crippen molar-refractivity contribution >= 4 is 5.95 Å². The lowest BCUT2D eigenvalue weighted by Gasteiger charge is -2.07. The highest BCUT2D eigenvalue weighted by atomic mass is 19.4. The number of aromatic nitrogens is 2. The summed E-state index contributed by atoms with van der Waals surface area (Å²) in [7, 11) is 0. The number of anilines is 1. The Bertz CT molecular complexity index is 288. The molecule has 1 rings (SSSR count). The van der Waals surface area contributed by atoms with E-state index in [1.807, 2.05) is 27.7 Å². The van der Waals surface area contributed by atoms with Gasteiger partial charge >= 0.3 is 6.18 Å². The Morgan fingerprint density at radius 1 is 1.18 bits per heavy atom. The SMILES string of the molecule is CC.CC.Cc1ccnc(NCC(F)(F)F)n1. The largest absolute Gasteiger partial charge is 0.405 e. The second-order valence-electron chi connectivity index (χ2n) is 2.49. The Hall–Kier alpha value is -1.33. The maximum atomic E-state index is 11.7. The van der Waals surface area contributed by atoms with E-state index in [1.54, 1.807) is 13.0 Å². The summed E-state index contributed by atoms with van der Waals surface area (Å²) in [6.45, 7) is 8.57. The maximum absolute atomic E-state index is 11.7. The van der Waals surface area contributed by atoms with Crippen LogP contribution in [0.4, 0.5) is 19.1 Å². The molecule has 0 atom stereocenters. The van der Waals surface area contributed by atoms with Gasteiger partial charge < -0.3 is 5.32 Å². The molecule has 6 heteroatoms. The second kappa shape index (κ2) is 9.86. The van der Waals surface area contributed by atoms with Gasteiger partial charge in [-0.15, -0.1) is 0 Å². The summed E-state index contributed by atoms with van der Waals surface area (Å²) >= 11 is 0. The molecule has 3 nitrogen and oxygen atoms in total. The van der Waals surface area contributed by atoms with Gasteiger partial charge in [-0.1, -0.05) is 27.7 Å². The number of halogens is 3. The van der Waals surface area contributed by atoms with Crippen LogP contribution in [-0.4, -0.2) is 22.7 Å². The molecule has 0 aliphatic carbocycles. The Morgan fingerprint density at radius 2 is 1.71 bits per heavy atom. The number of aryl methyl sites for hydroxylation is 1. The molecule has 0 aliphatic rings. The first-order valence-electron chi connectivity index (χ1n) is 5.58. The van der Waals surface area contributed by atoms with Gasteiger partial charge in [-0.3, -0.25) is 0 Å². The smallest absolute Gasteiger partial charge is 0.345 e. The van der Waals surface area contributed by atoms with Crippen molar-refractivity contribution in [2.75, 3.05) is 11.9 Å². The van der Waals surface area contributed by atoms with E-state index in [-0.39, 0.29) is 5.95 Å². The summed E-state index contributed by atoms with van der Waals surface area (Å²) in [4.78, 5) is 7.37. The highest BCUT2D eigenvalue weighted by molar-refractivity contribution is 5.24. The van der Waals surface area contributed by atoms with Crippen LogP contribution in [-0.2, 0) is 0 Å². The Morgan fingerprint density at radius 3 is 2.12 bits per heavy atom. The average Bonchev–Trinajstić information content (AvgIpc) is 2.31. The molecule has 1 aromatic heterocycles. The third-order valence-electron chi connectivity index (χ3n) is 1.24. The first-order valence-corrected chi connectivity index (χ1v) is 5.58. The molecule has 0 bridgehead atoms. The van der Waals surface area contributed by atoms with Gasteiger partial charge in [0.15, 0.2) is 0 Å². The molecule has 1 heterocycles. The molecule has 0 spiro atoms. The molecular weight excluding hydrogens is 231 g/mol. The van der Waals surface area contributed by atoms with Crippen LogP contribution in [0.3, 0.4) is 0 Å². The zero-order valence-electron chi connectivity index (χ0n) is 10.9. The number of hydrogen-bond donors (Lipinski definition) is 1. The van der Waals surface area contributed by atoms with Crippen LogP contribution >= 0.6 is 0 Å². The van der Waals surface area contributed by atoms with Crippen molar-refractivity contribution in [1.82, 2.24) is 9.97 Å². The zero-order chi connectivity index (χ0) is 13.9.